The topological polar surface area (TPSA) is 60.7 Å². The smallest absolute Gasteiger partial charge is 0.268 e. The van der Waals surface area contributed by atoms with E-state index in [1.54, 1.807) is 24.3 Å². The van der Waals surface area contributed by atoms with Crippen LogP contribution in [0.25, 0.3) is 16.6 Å². The molecule has 31 heavy (non-hydrogen) atoms. The number of benzene rings is 2. The van der Waals surface area contributed by atoms with Crippen LogP contribution in [0.1, 0.15) is 22.8 Å². The quantitative estimate of drug-likeness (QED) is 0.325. The maximum atomic E-state index is 13.2. The van der Waals surface area contributed by atoms with Gasteiger partial charge >= 0.3 is 6.18 Å². The van der Waals surface area contributed by atoms with E-state index in [1.165, 1.54) is 28.5 Å². The molecule has 0 N–H and O–H groups in total. The van der Waals surface area contributed by atoms with Crippen molar-refractivity contribution in [3.05, 3.63) is 87.7 Å². The molecule has 0 radical (unpaired) electrons. The molecule has 4 aromatic rings. The molecule has 0 bridgehead atoms. The molecule has 0 saturated heterocycles. The number of alkyl halides is 3. The van der Waals surface area contributed by atoms with Gasteiger partial charge in [0.2, 0.25) is 0 Å². The first-order valence-corrected chi connectivity index (χ1v) is 10.3. The van der Waals surface area contributed by atoms with Gasteiger partial charge in [-0.3, -0.25) is 9.36 Å². The standard InChI is InChI=1S/C22H17F3N4OS/c1-13-11-14(2)27-21(26-13)31-12-19-28-18-6-4-3-5-17(18)20(30)29(19)16-9-7-15(8-10-16)22(23,24)25/h3-11H,12H2,1-2H3. The van der Waals surface area contributed by atoms with Crippen LogP contribution in [-0.4, -0.2) is 19.5 Å². The van der Waals surface area contributed by atoms with Crippen LogP contribution in [0.2, 0.25) is 0 Å². The van der Waals surface area contributed by atoms with Gasteiger partial charge in [0.15, 0.2) is 5.16 Å². The molecule has 5 nitrogen and oxygen atoms in total. The number of para-hydroxylation sites is 1. The number of aryl methyl sites for hydroxylation is 2. The predicted molar refractivity (Wildman–Crippen MR) is 113 cm³/mol. The highest BCUT2D eigenvalue weighted by Crippen LogP contribution is 2.30. The second kappa shape index (κ2) is 8.14. The summed E-state index contributed by atoms with van der Waals surface area (Å²) < 4.78 is 40.2. The summed E-state index contributed by atoms with van der Waals surface area (Å²) >= 11 is 1.31. The van der Waals surface area contributed by atoms with Gasteiger partial charge in [-0.25, -0.2) is 15.0 Å². The van der Waals surface area contributed by atoms with Crippen molar-refractivity contribution < 1.29 is 13.2 Å². The van der Waals surface area contributed by atoms with Crippen molar-refractivity contribution in [1.82, 2.24) is 19.5 Å². The van der Waals surface area contributed by atoms with Crippen LogP contribution < -0.4 is 5.56 Å². The van der Waals surface area contributed by atoms with Crippen molar-refractivity contribution in [3.8, 4) is 5.69 Å². The van der Waals surface area contributed by atoms with Crippen molar-refractivity contribution in [1.29, 1.82) is 0 Å². The zero-order chi connectivity index (χ0) is 22.2. The Kier molecular flexibility index (Phi) is 5.53. The van der Waals surface area contributed by atoms with Crippen molar-refractivity contribution in [2.75, 3.05) is 0 Å². The van der Waals surface area contributed by atoms with Gasteiger partial charge in [-0.05, 0) is 56.3 Å². The van der Waals surface area contributed by atoms with Crippen molar-refractivity contribution >= 4 is 22.7 Å². The highest BCUT2D eigenvalue weighted by atomic mass is 32.2. The maximum absolute atomic E-state index is 13.2. The zero-order valence-electron chi connectivity index (χ0n) is 16.6. The van der Waals surface area contributed by atoms with Crippen LogP contribution in [0.4, 0.5) is 13.2 Å². The minimum atomic E-state index is -4.45. The fraction of sp³-hybridized carbons (Fsp3) is 0.182. The summed E-state index contributed by atoms with van der Waals surface area (Å²) in [6.45, 7) is 3.73. The lowest BCUT2D eigenvalue weighted by atomic mass is 10.2. The average molecular weight is 442 g/mol. The summed E-state index contributed by atoms with van der Waals surface area (Å²) in [6.07, 6.45) is -4.45. The Balaban J connectivity index is 1.81. The summed E-state index contributed by atoms with van der Waals surface area (Å²) in [5.41, 5.74) is 1.35. The van der Waals surface area contributed by atoms with E-state index in [2.05, 4.69) is 15.0 Å². The number of fused-ring (bicyclic) bond motifs is 1. The van der Waals surface area contributed by atoms with Crippen LogP contribution in [0.5, 0.6) is 0 Å². The Bertz CT molecular complexity index is 1300. The summed E-state index contributed by atoms with van der Waals surface area (Å²) in [4.78, 5) is 26.6. The molecule has 0 fully saturated rings. The summed E-state index contributed by atoms with van der Waals surface area (Å²) in [5, 5.41) is 0.928. The van der Waals surface area contributed by atoms with E-state index in [1.807, 2.05) is 19.9 Å². The normalized spacial score (nSPS) is 11.8. The number of hydrogen-bond acceptors (Lipinski definition) is 5. The summed E-state index contributed by atoms with van der Waals surface area (Å²) in [5.74, 6) is 0.667. The Labute approximate surface area is 180 Å². The molecule has 9 heteroatoms. The van der Waals surface area contributed by atoms with Crippen LogP contribution in [0.15, 0.2) is 64.5 Å². The minimum absolute atomic E-state index is 0.268. The second-order valence-corrected chi connectivity index (χ2v) is 7.89. The van der Waals surface area contributed by atoms with Gasteiger partial charge in [-0.15, -0.1) is 0 Å². The molecule has 2 aromatic carbocycles. The SMILES string of the molecule is Cc1cc(C)nc(SCc2nc3ccccc3c(=O)n2-c2ccc(C(F)(F)F)cc2)n1. The molecule has 0 aliphatic rings. The number of hydrogen-bond donors (Lipinski definition) is 0. The fourth-order valence-electron chi connectivity index (χ4n) is 3.23. The summed E-state index contributed by atoms with van der Waals surface area (Å²) in [7, 11) is 0. The van der Waals surface area contributed by atoms with Gasteiger partial charge in [0.05, 0.1) is 27.9 Å². The molecule has 4 rings (SSSR count). The van der Waals surface area contributed by atoms with E-state index >= 15 is 0 Å². The Hall–Kier alpha value is -3.20. The van der Waals surface area contributed by atoms with E-state index < -0.39 is 11.7 Å². The maximum Gasteiger partial charge on any atom is 0.416 e. The molecule has 0 aliphatic heterocycles. The fourth-order valence-corrected chi connectivity index (χ4v) is 4.10. The van der Waals surface area contributed by atoms with Crippen LogP contribution in [0.3, 0.4) is 0 Å². The van der Waals surface area contributed by atoms with Crippen LogP contribution in [0, 0.1) is 13.8 Å². The van der Waals surface area contributed by atoms with Gasteiger partial charge in [-0.2, -0.15) is 13.2 Å². The molecular weight excluding hydrogens is 425 g/mol. The number of thioether (sulfide) groups is 1. The zero-order valence-corrected chi connectivity index (χ0v) is 17.5. The number of rotatable bonds is 4. The van der Waals surface area contributed by atoms with Gasteiger partial charge in [0.25, 0.3) is 5.56 Å². The Morgan fingerprint density at radius 3 is 2.23 bits per heavy atom. The third kappa shape index (κ3) is 4.46. The van der Waals surface area contributed by atoms with Crippen LogP contribution in [-0.2, 0) is 11.9 Å². The molecule has 0 unspecified atom stereocenters. The lowest BCUT2D eigenvalue weighted by molar-refractivity contribution is -0.137. The predicted octanol–water partition coefficient (Wildman–Crippen LogP) is 5.10. The number of halogens is 3. The number of nitrogens with zero attached hydrogens (tertiary/aromatic N) is 4. The van der Waals surface area contributed by atoms with Crippen molar-refractivity contribution in [2.24, 2.45) is 0 Å². The van der Waals surface area contributed by atoms with Gasteiger partial charge < -0.3 is 0 Å². The third-order valence-corrected chi connectivity index (χ3v) is 5.43. The Morgan fingerprint density at radius 2 is 1.58 bits per heavy atom. The molecule has 0 spiro atoms. The molecule has 2 heterocycles. The first kappa shape index (κ1) is 21.0. The highest BCUT2D eigenvalue weighted by Gasteiger charge is 2.30. The lowest BCUT2D eigenvalue weighted by Gasteiger charge is -2.14. The monoisotopic (exact) mass is 442 g/mol. The largest absolute Gasteiger partial charge is 0.416 e. The van der Waals surface area contributed by atoms with Crippen LogP contribution >= 0.6 is 11.8 Å². The second-order valence-electron chi connectivity index (χ2n) is 6.95. The van der Waals surface area contributed by atoms with E-state index in [4.69, 9.17) is 0 Å². The van der Waals surface area contributed by atoms with E-state index in [9.17, 15) is 18.0 Å². The summed E-state index contributed by atoms with van der Waals surface area (Å²) in [6, 6.07) is 13.2. The third-order valence-electron chi connectivity index (χ3n) is 4.59. The first-order valence-electron chi connectivity index (χ1n) is 9.36. The van der Waals surface area contributed by atoms with Gasteiger partial charge in [0, 0.05) is 11.4 Å². The van der Waals surface area contributed by atoms with Gasteiger partial charge in [0.1, 0.15) is 5.82 Å². The molecule has 158 valence electrons. The Morgan fingerprint density at radius 1 is 0.935 bits per heavy atom. The molecule has 0 aliphatic carbocycles. The molecule has 2 aromatic heterocycles. The minimum Gasteiger partial charge on any atom is -0.268 e. The van der Waals surface area contributed by atoms with E-state index in [0.29, 0.717) is 27.6 Å². The molecule has 0 amide bonds. The molecule has 0 atom stereocenters. The first-order chi connectivity index (χ1) is 14.7. The lowest BCUT2D eigenvalue weighted by Crippen LogP contribution is -2.23. The van der Waals surface area contributed by atoms with E-state index in [-0.39, 0.29) is 11.3 Å². The van der Waals surface area contributed by atoms with Gasteiger partial charge in [-0.1, -0.05) is 23.9 Å². The number of aromatic nitrogens is 4. The average Bonchev–Trinajstić information content (AvgIpc) is 2.71. The van der Waals surface area contributed by atoms with Crippen molar-refractivity contribution in [3.63, 3.8) is 0 Å². The van der Waals surface area contributed by atoms with E-state index in [0.717, 1.165) is 23.5 Å². The molecule has 0 saturated carbocycles. The highest BCUT2D eigenvalue weighted by molar-refractivity contribution is 7.98. The van der Waals surface area contributed by atoms with Crippen molar-refractivity contribution in [2.45, 2.75) is 30.9 Å². The molecular formula is C22H17F3N4OS.